The van der Waals surface area contributed by atoms with Crippen molar-refractivity contribution in [2.24, 2.45) is 0 Å². The molecule has 3 aromatic carbocycles. The molecule has 0 unspecified atom stereocenters. The molecule has 4 rings (SSSR count). The molecule has 0 radical (unpaired) electrons. The van der Waals surface area contributed by atoms with E-state index >= 15 is 0 Å². The first-order valence-corrected chi connectivity index (χ1v) is 12.3. The van der Waals surface area contributed by atoms with Gasteiger partial charge in [-0.25, -0.2) is 16.8 Å². The van der Waals surface area contributed by atoms with Crippen LogP contribution in [0.5, 0.6) is 11.5 Å². The van der Waals surface area contributed by atoms with Gasteiger partial charge in [-0.15, -0.1) is 0 Å². The summed E-state index contributed by atoms with van der Waals surface area (Å²) in [7, 11) is -5.03. The van der Waals surface area contributed by atoms with Gasteiger partial charge in [0.05, 0.1) is 33.8 Å². The Morgan fingerprint density at radius 3 is 1.22 bits per heavy atom. The topological polar surface area (TPSA) is 113 Å². The van der Waals surface area contributed by atoms with E-state index in [0.717, 1.165) is 0 Å². The summed E-state index contributed by atoms with van der Waals surface area (Å²) in [5.74, 6) is 1.02. The number of rotatable bonds is 6. The van der Waals surface area contributed by atoms with E-state index in [1.54, 1.807) is 0 Å². The Labute approximate surface area is 185 Å². The van der Waals surface area contributed by atoms with E-state index in [-0.39, 0.29) is 30.6 Å². The van der Waals surface area contributed by atoms with Crippen molar-refractivity contribution in [3.63, 3.8) is 0 Å². The number of hydrogen-bond acceptors (Lipinski definition) is 8. The van der Waals surface area contributed by atoms with E-state index in [2.05, 4.69) is 9.97 Å². The first kappa shape index (κ1) is 21.7. The van der Waals surface area contributed by atoms with Gasteiger partial charge in [0, 0.05) is 12.4 Å². The molecule has 0 aliphatic rings. The summed E-state index contributed by atoms with van der Waals surface area (Å²) in [4.78, 5) is 8.07. The van der Waals surface area contributed by atoms with Crippen LogP contribution < -0.4 is 9.47 Å². The van der Waals surface area contributed by atoms with E-state index in [1.807, 2.05) is 0 Å². The Kier molecular flexibility index (Phi) is 5.57. The van der Waals surface area contributed by atoms with Gasteiger partial charge in [-0.05, 0) is 60.7 Å². The van der Waals surface area contributed by atoms with Crippen LogP contribution in [0.3, 0.4) is 0 Å². The van der Waals surface area contributed by atoms with E-state index in [9.17, 15) is 16.8 Å². The number of aromatic nitrogens is 2. The van der Waals surface area contributed by atoms with Crippen LogP contribution in [0.15, 0.2) is 92.6 Å². The Bertz CT molecular complexity index is 1380. The summed E-state index contributed by atoms with van der Waals surface area (Å²) in [6, 6.07) is 14.3. The summed E-state index contributed by atoms with van der Waals surface area (Å²) in [6.45, 7) is 0. The number of benzene rings is 3. The molecular weight excluding hydrogens is 452 g/mol. The van der Waals surface area contributed by atoms with E-state index in [0.29, 0.717) is 11.5 Å². The predicted octanol–water partition coefficient (Wildman–Crippen LogP) is 3.31. The lowest BCUT2D eigenvalue weighted by atomic mass is 10.3. The van der Waals surface area contributed by atoms with Crippen molar-refractivity contribution in [3.8, 4) is 11.5 Å². The average Bonchev–Trinajstić information content (AvgIpc) is 2.83. The van der Waals surface area contributed by atoms with Crippen LogP contribution in [0.1, 0.15) is 0 Å². The van der Waals surface area contributed by atoms with Crippen molar-refractivity contribution >= 4 is 30.7 Å². The minimum absolute atomic E-state index is 0.0241. The molecule has 0 aliphatic heterocycles. The maximum atomic E-state index is 13.3. The summed E-state index contributed by atoms with van der Waals surface area (Å²) in [6.07, 6.45) is 2.64. The third kappa shape index (κ3) is 3.67. The zero-order valence-electron chi connectivity index (χ0n) is 17.1. The van der Waals surface area contributed by atoms with Crippen molar-refractivity contribution in [2.75, 3.05) is 14.2 Å². The van der Waals surface area contributed by atoms with E-state index in [1.165, 1.54) is 87.3 Å². The molecule has 0 aliphatic carbocycles. The zero-order chi connectivity index (χ0) is 22.9. The molecular formula is C22H18N2O6S2. The lowest BCUT2D eigenvalue weighted by Crippen LogP contribution is -2.08. The molecule has 1 heterocycles. The third-order valence-corrected chi connectivity index (χ3v) is 8.47. The van der Waals surface area contributed by atoms with Crippen LogP contribution in [-0.4, -0.2) is 41.0 Å². The molecule has 0 saturated heterocycles. The molecule has 0 amide bonds. The minimum Gasteiger partial charge on any atom is -0.497 e. The maximum Gasteiger partial charge on any atom is 0.208 e. The van der Waals surface area contributed by atoms with Gasteiger partial charge in [0.2, 0.25) is 19.7 Å². The molecule has 8 nitrogen and oxygen atoms in total. The van der Waals surface area contributed by atoms with Crippen molar-refractivity contribution in [3.05, 3.63) is 73.1 Å². The van der Waals surface area contributed by atoms with Crippen molar-refractivity contribution in [1.82, 2.24) is 9.97 Å². The fourth-order valence-corrected chi connectivity index (χ4v) is 6.00. The van der Waals surface area contributed by atoms with Crippen LogP contribution >= 0.6 is 0 Å². The van der Waals surface area contributed by atoms with Crippen molar-refractivity contribution in [1.29, 1.82) is 0 Å². The van der Waals surface area contributed by atoms with Gasteiger partial charge < -0.3 is 9.47 Å². The van der Waals surface area contributed by atoms with Gasteiger partial charge in [0.1, 0.15) is 22.5 Å². The summed E-state index contributed by atoms with van der Waals surface area (Å²) in [5.41, 5.74) is -0.0594. The first-order valence-electron chi connectivity index (χ1n) is 9.31. The Morgan fingerprint density at radius 2 is 0.906 bits per heavy atom. The highest BCUT2D eigenvalue weighted by molar-refractivity contribution is 7.92. The lowest BCUT2D eigenvalue weighted by Gasteiger charge is -2.12. The summed E-state index contributed by atoms with van der Waals surface area (Å²) < 4.78 is 63.3. The molecule has 10 heteroatoms. The van der Waals surface area contributed by atoms with Gasteiger partial charge in [-0.1, -0.05) is 0 Å². The van der Waals surface area contributed by atoms with Gasteiger partial charge in [-0.2, -0.15) is 0 Å². The van der Waals surface area contributed by atoms with Crippen LogP contribution in [0.4, 0.5) is 0 Å². The standard InChI is InChI=1S/C22H18N2O6S2/c1-29-15-3-7-17(8-4-15)31(25,26)19-11-12-20(22-21(19)23-13-14-24-22)32(27,28)18-9-5-16(30-2)6-10-18/h3-14H,1-2H3. The molecule has 164 valence electrons. The molecule has 0 saturated carbocycles. The monoisotopic (exact) mass is 470 g/mol. The van der Waals surface area contributed by atoms with E-state index < -0.39 is 19.7 Å². The molecule has 1 aromatic heterocycles. The van der Waals surface area contributed by atoms with Gasteiger partial charge in [-0.3, -0.25) is 9.97 Å². The first-order chi connectivity index (χ1) is 15.3. The van der Waals surface area contributed by atoms with Crippen molar-refractivity contribution in [2.45, 2.75) is 19.6 Å². The predicted molar refractivity (Wildman–Crippen MR) is 116 cm³/mol. The lowest BCUT2D eigenvalue weighted by molar-refractivity contribution is 0.414. The molecule has 0 atom stereocenters. The normalized spacial score (nSPS) is 11.9. The van der Waals surface area contributed by atoms with Gasteiger partial charge >= 0.3 is 0 Å². The van der Waals surface area contributed by atoms with E-state index in [4.69, 9.17) is 9.47 Å². The number of methoxy groups -OCH3 is 2. The number of fused-ring (bicyclic) bond motifs is 1. The maximum absolute atomic E-state index is 13.3. The third-order valence-electron chi connectivity index (χ3n) is 4.87. The highest BCUT2D eigenvalue weighted by Crippen LogP contribution is 2.33. The molecule has 0 bridgehead atoms. The average molecular weight is 471 g/mol. The second-order valence-electron chi connectivity index (χ2n) is 6.67. The number of hydrogen-bond donors (Lipinski definition) is 0. The number of sulfone groups is 2. The molecule has 32 heavy (non-hydrogen) atoms. The Balaban J connectivity index is 1.89. The van der Waals surface area contributed by atoms with Crippen LogP contribution in [0.2, 0.25) is 0 Å². The zero-order valence-corrected chi connectivity index (χ0v) is 18.7. The SMILES string of the molecule is COc1ccc(S(=O)(=O)c2ccc(S(=O)(=O)c3ccc(OC)cc3)c3nccnc23)cc1. The number of nitrogens with zero attached hydrogens (tertiary/aromatic N) is 2. The van der Waals surface area contributed by atoms with Crippen molar-refractivity contribution < 1.29 is 26.3 Å². The van der Waals surface area contributed by atoms with Crippen LogP contribution in [0, 0.1) is 0 Å². The highest BCUT2D eigenvalue weighted by Gasteiger charge is 2.27. The molecule has 0 spiro atoms. The smallest absolute Gasteiger partial charge is 0.208 e. The molecule has 0 N–H and O–H groups in total. The minimum atomic E-state index is -4.00. The summed E-state index contributed by atoms with van der Waals surface area (Å²) >= 11 is 0. The van der Waals surface area contributed by atoms with Gasteiger partial charge in [0.15, 0.2) is 0 Å². The largest absolute Gasteiger partial charge is 0.497 e. The Morgan fingerprint density at radius 1 is 0.562 bits per heavy atom. The fourth-order valence-electron chi connectivity index (χ4n) is 3.21. The highest BCUT2D eigenvalue weighted by atomic mass is 32.2. The fraction of sp³-hybridized carbons (Fsp3) is 0.0909. The van der Waals surface area contributed by atoms with Crippen LogP contribution in [-0.2, 0) is 19.7 Å². The molecule has 4 aromatic rings. The Hall–Kier alpha value is -3.50. The number of ether oxygens (including phenoxy) is 2. The van der Waals surface area contributed by atoms with Gasteiger partial charge in [0.25, 0.3) is 0 Å². The van der Waals surface area contributed by atoms with Crippen LogP contribution in [0.25, 0.3) is 11.0 Å². The quantitative estimate of drug-likeness (QED) is 0.422. The molecule has 0 fully saturated rings. The second kappa shape index (κ2) is 8.21. The summed E-state index contributed by atoms with van der Waals surface area (Å²) in [5, 5.41) is 0. The second-order valence-corrected chi connectivity index (χ2v) is 10.5.